The molecule has 1 aliphatic heterocycles. The van der Waals surface area contributed by atoms with Crippen LogP contribution >= 0.6 is 0 Å². The van der Waals surface area contributed by atoms with Crippen LogP contribution in [0.2, 0.25) is 0 Å². The maximum atomic E-state index is 11.9. The van der Waals surface area contributed by atoms with Crippen LogP contribution in [0.4, 0.5) is 0 Å². The predicted molar refractivity (Wildman–Crippen MR) is 96.0 cm³/mol. The van der Waals surface area contributed by atoms with Gasteiger partial charge in [0.1, 0.15) is 0 Å². The first kappa shape index (κ1) is 18.0. The van der Waals surface area contributed by atoms with E-state index in [4.69, 9.17) is 0 Å². The highest BCUT2D eigenvalue weighted by atomic mass is 16.1. The fraction of sp³-hybridized carbons (Fsp3) is 0.650. The number of likely N-dealkylation sites (tertiary alicyclic amines) is 1. The van der Waals surface area contributed by atoms with Crippen molar-refractivity contribution in [3.05, 3.63) is 35.4 Å². The molecule has 0 atom stereocenters. The Balaban J connectivity index is 1.77. The molecule has 2 rings (SSSR count). The van der Waals surface area contributed by atoms with E-state index in [1.807, 2.05) is 0 Å². The zero-order chi connectivity index (χ0) is 16.9. The summed E-state index contributed by atoms with van der Waals surface area (Å²) in [6.45, 7) is 12.7. The Kier molecular flexibility index (Phi) is 6.23. The Morgan fingerprint density at radius 3 is 2.26 bits per heavy atom. The van der Waals surface area contributed by atoms with E-state index in [0.717, 1.165) is 12.5 Å². The van der Waals surface area contributed by atoms with Gasteiger partial charge in [0.05, 0.1) is 0 Å². The molecule has 0 aliphatic carbocycles. The average molecular weight is 316 g/mol. The number of benzene rings is 1. The number of hydrogen-bond donors (Lipinski definition) is 1. The third-order valence-corrected chi connectivity index (χ3v) is 4.49. The fourth-order valence-corrected chi connectivity index (χ4v) is 2.99. The van der Waals surface area contributed by atoms with E-state index in [9.17, 15) is 4.79 Å². The highest BCUT2D eigenvalue weighted by Crippen LogP contribution is 2.19. The molecule has 0 aromatic heterocycles. The van der Waals surface area contributed by atoms with Gasteiger partial charge >= 0.3 is 0 Å². The summed E-state index contributed by atoms with van der Waals surface area (Å²) in [4.78, 5) is 14.4. The molecule has 1 heterocycles. The number of nitrogens with one attached hydrogen (secondary N) is 1. The molecule has 128 valence electrons. The molecule has 1 aliphatic rings. The summed E-state index contributed by atoms with van der Waals surface area (Å²) in [7, 11) is 0. The molecule has 0 saturated carbocycles. The van der Waals surface area contributed by atoms with Crippen molar-refractivity contribution < 1.29 is 4.79 Å². The second-order valence-electron chi connectivity index (χ2n) is 8.29. The molecule has 1 aromatic rings. The number of carbonyl (C=O) groups excluding carboxylic acids is 1. The molecule has 0 bridgehead atoms. The average Bonchev–Trinajstić information content (AvgIpc) is 2.47. The van der Waals surface area contributed by atoms with Crippen molar-refractivity contribution in [3.63, 3.8) is 0 Å². The first-order valence-electron chi connectivity index (χ1n) is 8.89. The Morgan fingerprint density at radius 2 is 1.70 bits per heavy atom. The van der Waals surface area contributed by atoms with E-state index in [0.29, 0.717) is 13.0 Å². The molecule has 0 unspecified atom stereocenters. The molecule has 1 amide bonds. The Hall–Kier alpha value is -1.35. The number of hydrogen-bond acceptors (Lipinski definition) is 2. The first-order valence-corrected chi connectivity index (χ1v) is 8.89. The SMILES string of the molecule is CC1CCN(Cc2ccc(CNC(=O)CC(C)(C)C)cc2)CC1. The highest BCUT2D eigenvalue weighted by molar-refractivity contribution is 5.76. The molecule has 23 heavy (non-hydrogen) atoms. The van der Waals surface area contributed by atoms with Crippen molar-refractivity contribution in [2.45, 2.75) is 60.0 Å². The maximum absolute atomic E-state index is 11.9. The van der Waals surface area contributed by atoms with Crippen molar-refractivity contribution in [3.8, 4) is 0 Å². The van der Waals surface area contributed by atoms with Gasteiger partial charge in [-0.2, -0.15) is 0 Å². The van der Waals surface area contributed by atoms with Crippen molar-refractivity contribution in [1.82, 2.24) is 10.2 Å². The third-order valence-electron chi connectivity index (χ3n) is 4.49. The fourth-order valence-electron chi connectivity index (χ4n) is 2.99. The van der Waals surface area contributed by atoms with Gasteiger partial charge in [-0.15, -0.1) is 0 Å². The molecule has 3 heteroatoms. The summed E-state index contributed by atoms with van der Waals surface area (Å²) in [5.74, 6) is 1.01. The summed E-state index contributed by atoms with van der Waals surface area (Å²) in [6.07, 6.45) is 3.20. The summed E-state index contributed by atoms with van der Waals surface area (Å²) >= 11 is 0. The standard InChI is InChI=1S/C20H32N2O/c1-16-9-11-22(12-10-16)15-18-7-5-17(6-8-18)14-21-19(23)13-20(2,3)4/h5-8,16H,9-15H2,1-4H3,(H,21,23). The molecule has 1 N–H and O–H groups in total. The highest BCUT2D eigenvalue weighted by Gasteiger charge is 2.16. The van der Waals surface area contributed by atoms with E-state index >= 15 is 0 Å². The maximum Gasteiger partial charge on any atom is 0.220 e. The molecule has 1 fully saturated rings. The quantitative estimate of drug-likeness (QED) is 0.891. The minimum atomic E-state index is 0.0415. The summed E-state index contributed by atoms with van der Waals surface area (Å²) in [5, 5.41) is 3.01. The van der Waals surface area contributed by atoms with Gasteiger partial charge < -0.3 is 5.32 Å². The van der Waals surface area contributed by atoms with Gasteiger partial charge in [0.25, 0.3) is 0 Å². The van der Waals surface area contributed by atoms with Crippen LogP contribution in [0.5, 0.6) is 0 Å². The second kappa shape index (κ2) is 7.96. The molecular weight excluding hydrogens is 284 g/mol. The van der Waals surface area contributed by atoms with Crippen LogP contribution in [0.3, 0.4) is 0 Å². The van der Waals surface area contributed by atoms with E-state index < -0.39 is 0 Å². The molecule has 3 nitrogen and oxygen atoms in total. The number of piperidine rings is 1. The van der Waals surface area contributed by atoms with Gasteiger partial charge in [0, 0.05) is 19.5 Å². The topological polar surface area (TPSA) is 32.3 Å². The smallest absolute Gasteiger partial charge is 0.220 e. The molecular formula is C20H32N2O. The summed E-state index contributed by atoms with van der Waals surface area (Å²) in [5.41, 5.74) is 2.58. The Bertz CT molecular complexity index is 493. The zero-order valence-corrected chi connectivity index (χ0v) is 15.2. The number of carbonyl (C=O) groups is 1. The van der Waals surface area contributed by atoms with E-state index in [2.05, 4.69) is 62.2 Å². The van der Waals surface area contributed by atoms with Gasteiger partial charge in [0.2, 0.25) is 5.91 Å². The van der Waals surface area contributed by atoms with Gasteiger partial charge in [-0.3, -0.25) is 9.69 Å². The van der Waals surface area contributed by atoms with Crippen LogP contribution in [-0.4, -0.2) is 23.9 Å². The second-order valence-corrected chi connectivity index (χ2v) is 8.29. The lowest BCUT2D eigenvalue weighted by atomic mass is 9.92. The lowest BCUT2D eigenvalue weighted by molar-refractivity contribution is -0.122. The Labute approximate surface area is 141 Å². The van der Waals surface area contributed by atoms with E-state index in [-0.39, 0.29) is 11.3 Å². The van der Waals surface area contributed by atoms with E-state index in [1.54, 1.807) is 0 Å². The minimum absolute atomic E-state index is 0.0415. The summed E-state index contributed by atoms with van der Waals surface area (Å²) in [6, 6.07) is 8.67. The lowest BCUT2D eigenvalue weighted by Crippen LogP contribution is -2.32. The normalized spacial score (nSPS) is 17.2. The molecule has 1 aromatic carbocycles. The third kappa shape index (κ3) is 6.74. The summed E-state index contributed by atoms with van der Waals surface area (Å²) < 4.78 is 0. The van der Waals surface area contributed by atoms with Crippen LogP contribution in [-0.2, 0) is 17.9 Å². The number of nitrogens with zero attached hydrogens (tertiary/aromatic N) is 1. The van der Waals surface area contributed by atoms with Crippen molar-refractivity contribution in [1.29, 1.82) is 0 Å². The minimum Gasteiger partial charge on any atom is -0.352 e. The number of rotatable bonds is 5. The van der Waals surface area contributed by atoms with Crippen molar-refractivity contribution in [2.75, 3.05) is 13.1 Å². The number of amides is 1. The van der Waals surface area contributed by atoms with Crippen molar-refractivity contribution >= 4 is 5.91 Å². The molecule has 0 radical (unpaired) electrons. The van der Waals surface area contributed by atoms with Crippen LogP contribution < -0.4 is 5.32 Å². The monoisotopic (exact) mass is 316 g/mol. The van der Waals surface area contributed by atoms with Gasteiger partial charge in [-0.25, -0.2) is 0 Å². The van der Waals surface area contributed by atoms with Crippen LogP contribution in [0, 0.1) is 11.3 Å². The predicted octanol–water partition coefficient (Wildman–Crippen LogP) is 3.97. The first-order chi connectivity index (χ1) is 10.8. The van der Waals surface area contributed by atoms with E-state index in [1.165, 1.54) is 37.1 Å². The van der Waals surface area contributed by atoms with Gasteiger partial charge in [0.15, 0.2) is 0 Å². The van der Waals surface area contributed by atoms with Crippen LogP contribution in [0.1, 0.15) is 58.1 Å². The largest absolute Gasteiger partial charge is 0.352 e. The lowest BCUT2D eigenvalue weighted by Gasteiger charge is -2.30. The Morgan fingerprint density at radius 1 is 1.13 bits per heavy atom. The van der Waals surface area contributed by atoms with Crippen molar-refractivity contribution in [2.24, 2.45) is 11.3 Å². The van der Waals surface area contributed by atoms with Crippen LogP contribution in [0.15, 0.2) is 24.3 Å². The molecule has 0 spiro atoms. The molecule has 1 saturated heterocycles. The van der Waals surface area contributed by atoms with Gasteiger partial charge in [-0.05, 0) is 48.4 Å². The zero-order valence-electron chi connectivity index (χ0n) is 15.2. The van der Waals surface area contributed by atoms with Crippen LogP contribution in [0.25, 0.3) is 0 Å². The van der Waals surface area contributed by atoms with Gasteiger partial charge in [-0.1, -0.05) is 52.0 Å².